The van der Waals surface area contributed by atoms with Crippen molar-refractivity contribution in [2.45, 2.75) is 6.10 Å². The van der Waals surface area contributed by atoms with Crippen molar-refractivity contribution < 1.29 is 9.52 Å². The highest BCUT2D eigenvalue weighted by Crippen LogP contribution is 2.32. The molecule has 0 spiro atoms. The molecule has 1 atom stereocenters. The molecule has 0 saturated carbocycles. The summed E-state index contributed by atoms with van der Waals surface area (Å²) in [6.07, 6.45) is 4.11. The second kappa shape index (κ2) is 4.44. The van der Waals surface area contributed by atoms with Gasteiger partial charge < -0.3 is 9.52 Å². The smallest absolute Gasteiger partial charge is 0.199 e. The summed E-state index contributed by atoms with van der Waals surface area (Å²) in [5.41, 5.74) is 1.33. The first-order valence-electron chi connectivity index (χ1n) is 5.51. The Morgan fingerprint density at radius 3 is 2.83 bits per heavy atom. The third-order valence-electron chi connectivity index (χ3n) is 2.95. The Balaban J connectivity index is 2.18. The molecule has 0 radical (unpaired) electrons. The van der Waals surface area contributed by atoms with Gasteiger partial charge in [-0.2, -0.15) is 0 Å². The molecule has 1 aromatic carbocycles. The average molecular weight is 260 g/mol. The van der Waals surface area contributed by atoms with Crippen LogP contribution in [0.4, 0.5) is 0 Å². The second-order valence-electron chi connectivity index (χ2n) is 4.00. The Morgan fingerprint density at radius 2 is 2.06 bits per heavy atom. The molecule has 1 unspecified atom stereocenters. The van der Waals surface area contributed by atoms with Gasteiger partial charge in [-0.15, -0.1) is 0 Å². The summed E-state index contributed by atoms with van der Waals surface area (Å²) in [6.45, 7) is 0. The number of benzene rings is 1. The summed E-state index contributed by atoms with van der Waals surface area (Å²) >= 11 is 5.89. The summed E-state index contributed by atoms with van der Waals surface area (Å²) in [5, 5.41) is 12.5. The highest BCUT2D eigenvalue weighted by Gasteiger charge is 2.18. The van der Waals surface area contributed by atoms with E-state index in [0.717, 1.165) is 16.3 Å². The molecule has 0 fully saturated rings. The molecule has 0 aliphatic rings. The number of hydrogen-bond donors (Lipinski definition) is 1. The van der Waals surface area contributed by atoms with Crippen molar-refractivity contribution in [1.29, 1.82) is 0 Å². The summed E-state index contributed by atoms with van der Waals surface area (Å²) in [5.74, 6) is 0. The van der Waals surface area contributed by atoms with Gasteiger partial charge in [0.05, 0.1) is 6.26 Å². The summed E-state index contributed by atoms with van der Waals surface area (Å²) in [4.78, 5) is 4.09. The molecule has 0 aliphatic heterocycles. The van der Waals surface area contributed by atoms with Gasteiger partial charge in [-0.25, -0.2) is 0 Å². The molecule has 90 valence electrons. The number of rotatable bonds is 2. The fourth-order valence-electron chi connectivity index (χ4n) is 2.04. The predicted octanol–water partition coefficient (Wildman–Crippen LogP) is 3.56. The molecule has 18 heavy (non-hydrogen) atoms. The zero-order valence-electron chi connectivity index (χ0n) is 9.38. The first-order chi connectivity index (χ1) is 8.77. The van der Waals surface area contributed by atoms with Gasteiger partial charge >= 0.3 is 0 Å². The van der Waals surface area contributed by atoms with Crippen LogP contribution in [-0.4, -0.2) is 10.1 Å². The number of halogens is 1. The Labute approximate surface area is 109 Å². The predicted molar refractivity (Wildman–Crippen MR) is 69.5 cm³/mol. The number of nitrogens with zero attached hydrogens (tertiary/aromatic N) is 1. The molecule has 2 aromatic heterocycles. The number of aliphatic hydroxyl groups excluding tert-OH is 1. The summed E-state index contributed by atoms with van der Waals surface area (Å²) in [6, 6.07) is 9.31. The van der Waals surface area contributed by atoms with E-state index < -0.39 is 6.10 Å². The lowest BCUT2D eigenvalue weighted by Gasteiger charge is -2.12. The highest BCUT2D eigenvalue weighted by atomic mass is 35.5. The lowest BCUT2D eigenvalue weighted by atomic mass is 9.99. The lowest BCUT2D eigenvalue weighted by molar-refractivity contribution is 0.221. The number of fused-ring (bicyclic) bond motifs is 1. The van der Waals surface area contributed by atoms with E-state index in [1.165, 1.54) is 6.26 Å². The van der Waals surface area contributed by atoms with E-state index in [1.54, 1.807) is 18.5 Å². The van der Waals surface area contributed by atoms with Crippen LogP contribution in [0.5, 0.6) is 0 Å². The van der Waals surface area contributed by atoms with Crippen LogP contribution in [0.25, 0.3) is 10.8 Å². The first kappa shape index (κ1) is 11.3. The molecule has 1 N–H and O–H groups in total. The topological polar surface area (TPSA) is 46.3 Å². The SMILES string of the molecule is OC(c1ccoc1Cl)c1cccc2ccncc12. The van der Waals surface area contributed by atoms with Gasteiger partial charge in [-0.3, -0.25) is 4.98 Å². The average Bonchev–Trinajstić information content (AvgIpc) is 2.83. The third-order valence-corrected chi connectivity index (χ3v) is 3.26. The number of furan rings is 1. The van der Waals surface area contributed by atoms with Crippen LogP contribution in [0, 0.1) is 0 Å². The van der Waals surface area contributed by atoms with Crippen LogP contribution in [0.2, 0.25) is 5.22 Å². The largest absolute Gasteiger partial charge is 0.453 e. The van der Waals surface area contributed by atoms with Gasteiger partial charge in [-0.05, 0) is 34.7 Å². The van der Waals surface area contributed by atoms with Crippen LogP contribution in [0.1, 0.15) is 17.2 Å². The fourth-order valence-corrected chi connectivity index (χ4v) is 2.26. The molecule has 3 aromatic rings. The van der Waals surface area contributed by atoms with E-state index in [9.17, 15) is 5.11 Å². The maximum absolute atomic E-state index is 10.4. The minimum Gasteiger partial charge on any atom is -0.453 e. The Bertz CT molecular complexity index is 688. The van der Waals surface area contributed by atoms with Crippen LogP contribution >= 0.6 is 11.6 Å². The van der Waals surface area contributed by atoms with E-state index in [1.807, 2.05) is 24.3 Å². The molecular weight excluding hydrogens is 250 g/mol. The quantitative estimate of drug-likeness (QED) is 0.765. The zero-order chi connectivity index (χ0) is 12.5. The Morgan fingerprint density at radius 1 is 1.17 bits per heavy atom. The van der Waals surface area contributed by atoms with E-state index in [4.69, 9.17) is 16.0 Å². The third kappa shape index (κ3) is 1.78. The normalized spacial score (nSPS) is 12.8. The van der Waals surface area contributed by atoms with Crippen molar-refractivity contribution in [3.8, 4) is 0 Å². The number of hydrogen-bond acceptors (Lipinski definition) is 3. The van der Waals surface area contributed by atoms with Crippen molar-refractivity contribution in [1.82, 2.24) is 4.98 Å². The molecule has 3 rings (SSSR count). The van der Waals surface area contributed by atoms with Gasteiger partial charge in [0, 0.05) is 23.3 Å². The standard InChI is InChI=1S/C14H10ClNO2/c15-14-11(5-7-18-14)13(17)10-3-1-2-9-4-6-16-8-12(9)10/h1-8,13,17H. The molecule has 0 saturated heterocycles. The Hall–Kier alpha value is -1.84. The zero-order valence-corrected chi connectivity index (χ0v) is 10.1. The van der Waals surface area contributed by atoms with Crippen molar-refractivity contribution in [2.24, 2.45) is 0 Å². The van der Waals surface area contributed by atoms with E-state index in [2.05, 4.69) is 4.98 Å². The van der Waals surface area contributed by atoms with Crippen molar-refractivity contribution in [3.05, 3.63) is 65.3 Å². The molecule has 4 heteroatoms. The van der Waals surface area contributed by atoms with E-state index in [0.29, 0.717) is 5.56 Å². The van der Waals surface area contributed by atoms with Gasteiger partial charge in [-0.1, -0.05) is 18.2 Å². The van der Waals surface area contributed by atoms with Crippen molar-refractivity contribution >= 4 is 22.4 Å². The number of pyridine rings is 1. The van der Waals surface area contributed by atoms with Crippen molar-refractivity contribution in [3.63, 3.8) is 0 Å². The van der Waals surface area contributed by atoms with Gasteiger partial charge in [0.15, 0.2) is 5.22 Å². The molecule has 2 heterocycles. The fraction of sp³-hybridized carbons (Fsp3) is 0.0714. The van der Waals surface area contributed by atoms with Crippen LogP contribution in [0.15, 0.2) is 53.4 Å². The number of aliphatic hydroxyl groups is 1. The molecule has 0 bridgehead atoms. The lowest BCUT2D eigenvalue weighted by Crippen LogP contribution is -1.99. The molecule has 0 amide bonds. The van der Waals surface area contributed by atoms with Crippen LogP contribution in [0.3, 0.4) is 0 Å². The molecular formula is C14H10ClNO2. The van der Waals surface area contributed by atoms with Gasteiger partial charge in [0.1, 0.15) is 6.10 Å². The van der Waals surface area contributed by atoms with Gasteiger partial charge in [0.2, 0.25) is 0 Å². The molecule has 0 aliphatic carbocycles. The van der Waals surface area contributed by atoms with Crippen LogP contribution < -0.4 is 0 Å². The first-order valence-corrected chi connectivity index (χ1v) is 5.89. The van der Waals surface area contributed by atoms with Gasteiger partial charge in [0.25, 0.3) is 0 Å². The van der Waals surface area contributed by atoms with E-state index in [-0.39, 0.29) is 5.22 Å². The van der Waals surface area contributed by atoms with Crippen LogP contribution in [-0.2, 0) is 0 Å². The molecule has 3 nitrogen and oxygen atoms in total. The monoisotopic (exact) mass is 259 g/mol. The minimum absolute atomic E-state index is 0.211. The van der Waals surface area contributed by atoms with Crippen molar-refractivity contribution in [2.75, 3.05) is 0 Å². The maximum Gasteiger partial charge on any atom is 0.199 e. The second-order valence-corrected chi connectivity index (χ2v) is 4.34. The Kier molecular flexibility index (Phi) is 2.78. The number of aromatic nitrogens is 1. The summed E-state index contributed by atoms with van der Waals surface area (Å²) in [7, 11) is 0. The highest BCUT2D eigenvalue weighted by molar-refractivity contribution is 6.29. The maximum atomic E-state index is 10.4. The van der Waals surface area contributed by atoms with E-state index >= 15 is 0 Å². The summed E-state index contributed by atoms with van der Waals surface area (Å²) < 4.78 is 5.01. The minimum atomic E-state index is -0.816.